The molecule has 0 spiro atoms. The third kappa shape index (κ3) is 6.56. The number of hydrogen-bond acceptors (Lipinski definition) is 7. The first-order chi connectivity index (χ1) is 17.7. The first-order valence-electron chi connectivity index (χ1n) is 12.7. The summed E-state index contributed by atoms with van der Waals surface area (Å²) in [6, 6.07) is 20.5. The SMILES string of the molecule is CCOC(=O)CC(N[S+]([O-])C(C)(C)C)(c1ccc(N2CCOCC2)cc1)c1csc(-c2ccccc2)c1. The van der Waals surface area contributed by atoms with E-state index in [1.54, 1.807) is 18.3 Å². The predicted octanol–water partition coefficient (Wildman–Crippen LogP) is 5.50. The highest BCUT2D eigenvalue weighted by atomic mass is 32.2. The van der Waals surface area contributed by atoms with Gasteiger partial charge in [-0.2, -0.15) is 0 Å². The summed E-state index contributed by atoms with van der Waals surface area (Å²) in [6.45, 7) is 11.0. The number of morpholine rings is 1. The van der Waals surface area contributed by atoms with Crippen molar-refractivity contribution in [1.82, 2.24) is 4.72 Å². The molecule has 3 aromatic rings. The van der Waals surface area contributed by atoms with E-state index in [0.717, 1.165) is 40.3 Å². The Balaban J connectivity index is 1.81. The van der Waals surface area contributed by atoms with Crippen LogP contribution in [0.25, 0.3) is 10.4 Å². The Bertz CT molecular complexity index is 1150. The lowest BCUT2D eigenvalue weighted by Gasteiger charge is -2.37. The van der Waals surface area contributed by atoms with E-state index in [2.05, 4.69) is 45.3 Å². The van der Waals surface area contributed by atoms with Crippen molar-refractivity contribution in [3.8, 4) is 10.4 Å². The van der Waals surface area contributed by atoms with Crippen LogP contribution in [0.1, 0.15) is 45.2 Å². The molecule has 0 radical (unpaired) electrons. The largest absolute Gasteiger partial charge is 0.598 e. The number of esters is 1. The molecular weight excluding hydrogens is 504 g/mol. The fraction of sp³-hybridized carbons (Fsp3) is 0.414. The minimum Gasteiger partial charge on any atom is -0.598 e. The summed E-state index contributed by atoms with van der Waals surface area (Å²) >= 11 is 0.159. The van der Waals surface area contributed by atoms with Crippen molar-refractivity contribution in [2.24, 2.45) is 0 Å². The van der Waals surface area contributed by atoms with Crippen LogP contribution in [0.3, 0.4) is 0 Å². The Labute approximate surface area is 227 Å². The number of carbonyl (C=O) groups is 1. The lowest BCUT2D eigenvalue weighted by atomic mass is 9.82. The number of hydrogen-bond donors (Lipinski definition) is 1. The molecule has 1 fully saturated rings. The van der Waals surface area contributed by atoms with Gasteiger partial charge in [-0.25, -0.2) is 0 Å². The van der Waals surface area contributed by atoms with E-state index in [0.29, 0.717) is 13.2 Å². The Kier molecular flexibility index (Phi) is 8.98. The van der Waals surface area contributed by atoms with Crippen molar-refractivity contribution < 1.29 is 18.8 Å². The van der Waals surface area contributed by atoms with Crippen LogP contribution in [-0.4, -0.2) is 48.2 Å². The number of thiophene rings is 1. The summed E-state index contributed by atoms with van der Waals surface area (Å²) in [5.74, 6) is -0.342. The van der Waals surface area contributed by atoms with Crippen molar-refractivity contribution in [3.63, 3.8) is 0 Å². The standard InChI is InChI=1S/C29H36N2O4S2/c1-5-35-27(32)20-29(30-37(33)28(2,3)4,24-19-26(36-21-24)22-9-7-6-8-10-22)23-11-13-25(14-12-23)31-15-17-34-18-16-31/h6-14,19,21,30H,5,15-18,20H2,1-4H3. The molecular formula is C29H36N2O4S2. The third-order valence-electron chi connectivity index (χ3n) is 6.42. The fourth-order valence-electron chi connectivity index (χ4n) is 4.36. The van der Waals surface area contributed by atoms with Crippen LogP contribution in [0, 0.1) is 0 Å². The molecule has 0 amide bonds. The third-order valence-corrected chi connectivity index (χ3v) is 9.05. The van der Waals surface area contributed by atoms with Gasteiger partial charge in [0.05, 0.1) is 26.2 Å². The maximum atomic E-state index is 13.6. The first kappa shape index (κ1) is 27.7. The van der Waals surface area contributed by atoms with Crippen LogP contribution in [0.15, 0.2) is 66.0 Å². The molecule has 2 atom stereocenters. The van der Waals surface area contributed by atoms with Gasteiger partial charge in [0.25, 0.3) is 0 Å². The highest BCUT2D eigenvalue weighted by molar-refractivity contribution is 7.90. The molecule has 1 aliphatic rings. The van der Waals surface area contributed by atoms with Crippen molar-refractivity contribution in [1.29, 1.82) is 0 Å². The minimum absolute atomic E-state index is 0.0184. The molecule has 0 saturated carbocycles. The molecule has 6 nitrogen and oxygen atoms in total. The lowest BCUT2D eigenvalue weighted by Crippen LogP contribution is -2.53. The van der Waals surface area contributed by atoms with Crippen LogP contribution in [-0.2, 0) is 31.2 Å². The van der Waals surface area contributed by atoms with Gasteiger partial charge in [-0.3, -0.25) is 4.79 Å². The number of anilines is 1. The molecule has 1 saturated heterocycles. The van der Waals surface area contributed by atoms with Crippen LogP contribution in [0.5, 0.6) is 0 Å². The molecule has 2 aromatic carbocycles. The van der Waals surface area contributed by atoms with E-state index in [1.165, 1.54) is 0 Å². The molecule has 198 valence electrons. The van der Waals surface area contributed by atoms with Gasteiger partial charge in [-0.05, 0) is 68.0 Å². The van der Waals surface area contributed by atoms with Gasteiger partial charge in [-0.15, -0.1) is 16.1 Å². The second kappa shape index (κ2) is 12.0. The van der Waals surface area contributed by atoms with Crippen molar-refractivity contribution in [2.75, 3.05) is 37.8 Å². The molecule has 1 aliphatic heterocycles. The molecule has 1 N–H and O–H groups in total. The Hall–Kier alpha value is -2.36. The number of benzene rings is 2. The molecule has 37 heavy (non-hydrogen) atoms. The average Bonchev–Trinajstić information content (AvgIpc) is 3.40. The quantitative estimate of drug-likeness (QED) is 0.285. The topological polar surface area (TPSA) is 73.9 Å². The molecule has 0 aliphatic carbocycles. The maximum Gasteiger partial charge on any atom is 0.308 e. The van der Waals surface area contributed by atoms with E-state index >= 15 is 0 Å². The minimum atomic E-state index is -1.45. The number of nitrogens with zero attached hydrogens (tertiary/aromatic N) is 1. The average molecular weight is 541 g/mol. The fourth-order valence-corrected chi connectivity index (χ4v) is 6.28. The summed E-state index contributed by atoms with van der Waals surface area (Å²) in [5.41, 5.74) is 2.93. The van der Waals surface area contributed by atoms with E-state index in [-0.39, 0.29) is 19.0 Å². The predicted molar refractivity (Wildman–Crippen MR) is 152 cm³/mol. The Morgan fingerprint density at radius 2 is 1.76 bits per heavy atom. The zero-order chi connectivity index (χ0) is 26.5. The summed E-state index contributed by atoms with van der Waals surface area (Å²) in [4.78, 5) is 16.4. The van der Waals surface area contributed by atoms with Gasteiger partial charge >= 0.3 is 5.97 Å². The summed E-state index contributed by atoms with van der Waals surface area (Å²) < 4.78 is 27.4. The summed E-state index contributed by atoms with van der Waals surface area (Å²) in [7, 11) is 0. The second-order valence-corrected chi connectivity index (χ2v) is 13.0. The molecule has 8 heteroatoms. The Morgan fingerprint density at radius 1 is 1.08 bits per heavy atom. The van der Waals surface area contributed by atoms with Crippen molar-refractivity contribution >= 4 is 34.4 Å². The Morgan fingerprint density at radius 3 is 2.38 bits per heavy atom. The molecule has 2 heterocycles. The van der Waals surface area contributed by atoms with E-state index in [1.807, 2.05) is 51.1 Å². The van der Waals surface area contributed by atoms with E-state index in [9.17, 15) is 9.35 Å². The number of ether oxygens (including phenoxy) is 2. The van der Waals surface area contributed by atoms with Crippen LogP contribution in [0.4, 0.5) is 5.69 Å². The second-order valence-electron chi connectivity index (χ2n) is 10.1. The lowest BCUT2D eigenvalue weighted by molar-refractivity contribution is -0.144. The van der Waals surface area contributed by atoms with Gasteiger partial charge < -0.3 is 18.9 Å². The van der Waals surface area contributed by atoms with Gasteiger partial charge in [0, 0.05) is 35.0 Å². The highest BCUT2D eigenvalue weighted by Crippen LogP contribution is 2.41. The molecule has 0 bridgehead atoms. The number of rotatable bonds is 9. The van der Waals surface area contributed by atoms with Gasteiger partial charge in [-0.1, -0.05) is 42.5 Å². The number of carbonyl (C=O) groups excluding carboxylic acids is 1. The van der Waals surface area contributed by atoms with Crippen LogP contribution in [0.2, 0.25) is 0 Å². The van der Waals surface area contributed by atoms with Crippen molar-refractivity contribution in [2.45, 2.75) is 44.4 Å². The monoisotopic (exact) mass is 540 g/mol. The van der Waals surface area contributed by atoms with E-state index < -0.39 is 21.6 Å². The zero-order valence-electron chi connectivity index (χ0n) is 22.0. The van der Waals surface area contributed by atoms with E-state index in [4.69, 9.17) is 9.47 Å². The number of nitrogens with one attached hydrogen (secondary N) is 1. The van der Waals surface area contributed by atoms with Gasteiger partial charge in [0.2, 0.25) is 0 Å². The van der Waals surface area contributed by atoms with Gasteiger partial charge in [0.1, 0.15) is 10.3 Å². The molecule has 4 rings (SSSR count). The van der Waals surface area contributed by atoms with Crippen LogP contribution < -0.4 is 9.62 Å². The summed E-state index contributed by atoms with van der Waals surface area (Å²) in [5, 5.41) is 2.06. The molecule has 1 aromatic heterocycles. The molecule has 2 unspecified atom stereocenters. The smallest absolute Gasteiger partial charge is 0.308 e. The van der Waals surface area contributed by atoms with Crippen LogP contribution >= 0.6 is 11.3 Å². The first-order valence-corrected chi connectivity index (χ1v) is 14.7. The highest BCUT2D eigenvalue weighted by Gasteiger charge is 2.45. The maximum absolute atomic E-state index is 13.6. The zero-order valence-corrected chi connectivity index (χ0v) is 23.6. The van der Waals surface area contributed by atoms with Crippen molar-refractivity contribution in [3.05, 3.63) is 77.2 Å². The summed E-state index contributed by atoms with van der Waals surface area (Å²) in [6.07, 6.45) is 0.0184. The normalized spacial score (nSPS) is 16.7. The van der Waals surface area contributed by atoms with Gasteiger partial charge in [0.15, 0.2) is 0 Å².